The second-order valence-electron chi connectivity index (χ2n) is 8.36. The Hall–Kier alpha value is -1.25. The first-order valence-electron chi connectivity index (χ1n) is 8.74. The number of hydrogen-bond donors (Lipinski definition) is 1. The summed E-state index contributed by atoms with van der Waals surface area (Å²) in [6.45, 7) is 4.47. The summed E-state index contributed by atoms with van der Waals surface area (Å²) in [5.74, 6) is 2.12. The third-order valence-electron chi connectivity index (χ3n) is 7.59. The van der Waals surface area contributed by atoms with Gasteiger partial charge in [0.2, 0.25) is 0 Å². The van der Waals surface area contributed by atoms with Gasteiger partial charge in [0.15, 0.2) is 5.78 Å². The van der Waals surface area contributed by atoms with Gasteiger partial charge in [0, 0.05) is 18.3 Å². The highest BCUT2D eigenvalue weighted by molar-refractivity contribution is 6.46. The Balaban J connectivity index is 1.74. The van der Waals surface area contributed by atoms with Gasteiger partial charge in [-0.2, -0.15) is 0 Å². The van der Waals surface area contributed by atoms with Crippen LogP contribution in [0.15, 0.2) is 11.6 Å². The van der Waals surface area contributed by atoms with E-state index in [2.05, 4.69) is 19.9 Å². The molecule has 0 spiro atoms. The van der Waals surface area contributed by atoms with Crippen molar-refractivity contribution in [3.63, 3.8) is 0 Å². The number of ketones is 2. The Morgan fingerprint density at radius 2 is 1.77 bits per heavy atom. The lowest BCUT2D eigenvalue weighted by atomic mass is 9.48. The monoisotopic (exact) mass is 299 g/mol. The van der Waals surface area contributed by atoms with E-state index in [0.717, 1.165) is 44.1 Å². The molecule has 3 heteroatoms. The van der Waals surface area contributed by atoms with E-state index in [1.807, 2.05) is 0 Å². The lowest BCUT2D eigenvalue weighted by Gasteiger charge is -2.55. The second-order valence-corrected chi connectivity index (χ2v) is 8.36. The third-order valence-corrected chi connectivity index (χ3v) is 7.59. The highest BCUT2D eigenvalue weighted by Crippen LogP contribution is 2.63. The zero-order valence-corrected chi connectivity index (χ0v) is 13.6. The topological polar surface area (TPSA) is 58.0 Å². The van der Waals surface area contributed by atoms with Crippen LogP contribution in [0.1, 0.15) is 58.8 Å². The molecule has 0 aromatic rings. The summed E-state index contributed by atoms with van der Waals surface area (Å²) in [7, 11) is 0. The molecule has 0 amide bonds. The Kier molecular flexibility index (Phi) is 2.87. The lowest BCUT2D eigenvalue weighted by molar-refractivity contribution is -0.131. The van der Waals surface area contributed by atoms with Crippen molar-refractivity contribution in [2.24, 2.45) is 28.6 Å². The maximum absolute atomic E-state index is 12.4. The van der Waals surface area contributed by atoms with Crippen molar-refractivity contribution in [3.05, 3.63) is 11.6 Å². The quantitative estimate of drug-likeness (QED) is 0.741. The van der Waals surface area contributed by atoms with Crippen molar-refractivity contribution in [1.29, 1.82) is 5.41 Å². The first kappa shape index (κ1) is 14.3. The lowest BCUT2D eigenvalue weighted by Crippen LogP contribution is -2.51. The molecule has 4 aliphatic rings. The van der Waals surface area contributed by atoms with Crippen LogP contribution in [0, 0.1) is 34.0 Å². The number of rotatable bonds is 0. The predicted molar refractivity (Wildman–Crippen MR) is 84.8 cm³/mol. The van der Waals surface area contributed by atoms with Crippen LogP contribution in [-0.2, 0) is 9.59 Å². The van der Waals surface area contributed by atoms with Crippen LogP contribution in [0.25, 0.3) is 0 Å². The van der Waals surface area contributed by atoms with Crippen LogP contribution in [0.5, 0.6) is 0 Å². The van der Waals surface area contributed by atoms with Gasteiger partial charge in [0.1, 0.15) is 11.5 Å². The number of allylic oxidation sites excluding steroid dienone is 2. The maximum atomic E-state index is 12.4. The van der Waals surface area contributed by atoms with Crippen molar-refractivity contribution in [3.8, 4) is 0 Å². The zero-order chi connectivity index (χ0) is 15.7. The molecule has 5 atom stereocenters. The summed E-state index contributed by atoms with van der Waals surface area (Å²) in [6, 6.07) is 0. The molecule has 0 aliphatic heterocycles. The van der Waals surface area contributed by atoms with Crippen LogP contribution in [0.3, 0.4) is 0 Å². The molecule has 0 aromatic carbocycles. The molecule has 0 aromatic heterocycles. The van der Waals surface area contributed by atoms with Gasteiger partial charge in [-0.05, 0) is 60.8 Å². The summed E-state index contributed by atoms with van der Waals surface area (Å²) in [4.78, 5) is 24.3. The third kappa shape index (κ3) is 1.60. The SMILES string of the molecule is C[C@]12CCC(=O)C(=N)C1=CC[C@@H]1[C@@H]2CC[C@]2(C)C(=O)CC[C@@H]12. The average molecular weight is 299 g/mol. The molecule has 3 saturated carbocycles. The molecular weight excluding hydrogens is 274 g/mol. The smallest absolute Gasteiger partial charge is 0.180 e. The van der Waals surface area contributed by atoms with Gasteiger partial charge in [-0.25, -0.2) is 0 Å². The first-order chi connectivity index (χ1) is 10.4. The van der Waals surface area contributed by atoms with Gasteiger partial charge in [-0.15, -0.1) is 0 Å². The van der Waals surface area contributed by atoms with Crippen molar-refractivity contribution in [1.82, 2.24) is 0 Å². The number of carbonyl (C=O) groups is 2. The fourth-order valence-electron chi connectivity index (χ4n) is 6.22. The van der Waals surface area contributed by atoms with Gasteiger partial charge in [-0.3, -0.25) is 15.0 Å². The summed E-state index contributed by atoms with van der Waals surface area (Å²) in [6.07, 6.45) is 8.43. The molecule has 0 unspecified atom stereocenters. The molecule has 22 heavy (non-hydrogen) atoms. The summed E-state index contributed by atoms with van der Waals surface area (Å²) in [5.41, 5.74) is 1.17. The Morgan fingerprint density at radius 3 is 2.55 bits per heavy atom. The molecule has 1 N–H and O–H groups in total. The Morgan fingerprint density at radius 1 is 1.05 bits per heavy atom. The van der Waals surface area contributed by atoms with E-state index in [9.17, 15) is 9.59 Å². The van der Waals surface area contributed by atoms with Crippen molar-refractivity contribution in [2.75, 3.05) is 0 Å². The minimum absolute atomic E-state index is 0.0128. The maximum Gasteiger partial charge on any atom is 0.180 e. The van der Waals surface area contributed by atoms with Gasteiger partial charge in [0.25, 0.3) is 0 Å². The molecule has 0 saturated heterocycles. The van der Waals surface area contributed by atoms with Gasteiger partial charge >= 0.3 is 0 Å². The molecule has 0 heterocycles. The van der Waals surface area contributed by atoms with E-state index in [1.54, 1.807) is 0 Å². The van der Waals surface area contributed by atoms with Crippen molar-refractivity contribution in [2.45, 2.75) is 58.8 Å². The molecule has 118 valence electrons. The molecular formula is C19H25NO2. The van der Waals surface area contributed by atoms with Crippen LogP contribution in [0.4, 0.5) is 0 Å². The van der Waals surface area contributed by atoms with Gasteiger partial charge < -0.3 is 0 Å². The summed E-state index contributed by atoms with van der Waals surface area (Å²) < 4.78 is 0. The molecule has 4 rings (SSSR count). The predicted octanol–water partition coefficient (Wildman–Crippen LogP) is 3.72. The fraction of sp³-hybridized carbons (Fsp3) is 0.737. The van der Waals surface area contributed by atoms with Crippen LogP contribution in [-0.4, -0.2) is 17.3 Å². The van der Waals surface area contributed by atoms with Crippen molar-refractivity contribution >= 4 is 17.3 Å². The molecule has 0 bridgehead atoms. The number of hydrogen-bond acceptors (Lipinski definition) is 3. The standard InChI is InChI=1S/C19H25NO2/c1-18-10-8-15(21)17(20)14(18)4-3-11-12-5-6-16(22)19(12,2)9-7-13(11)18/h4,11-13,20H,3,5-10H2,1-2H3/t11-,12-,13-,18+,19-/m0/s1. The Bertz CT molecular complexity index is 619. The highest BCUT2D eigenvalue weighted by atomic mass is 16.1. The number of carbonyl (C=O) groups excluding carboxylic acids is 2. The molecule has 3 fully saturated rings. The second kappa shape index (κ2) is 4.39. The van der Waals surface area contributed by atoms with E-state index >= 15 is 0 Å². The minimum Gasteiger partial charge on any atom is -0.299 e. The van der Waals surface area contributed by atoms with Gasteiger partial charge in [0.05, 0.1) is 0 Å². The summed E-state index contributed by atoms with van der Waals surface area (Å²) >= 11 is 0. The normalized spacial score (nSPS) is 47.6. The van der Waals surface area contributed by atoms with Crippen LogP contribution < -0.4 is 0 Å². The fourth-order valence-corrected chi connectivity index (χ4v) is 6.22. The molecule has 0 radical (unpaired) electrons. The van der Waals surface area contributed by atoms with E-state index in [0.29, 0.717) is 30.0 Å². The van der Waals surface area contributed by atoms with E-state index in [4.69, 9.17) is 5.41 Å². The van der Waals surface area contributed by atoms with Crippen LogP contribution >= 0.6 is 0 Å². The summed E-state index contributed by atoms with van der Waals surface area (Å²) in [5, 5.41) is 8.20. The zero-order valence-electron chi connectivity index (χ0n) is 13.6. The minimum atomic E-state index is -0.0964. The van der Waals surface area contributed by atoms with E-state index in [-0.39, 0.29) is 22.3 Å². The van der Waals surface area contributed by atoms with E-state index < -0.39 is 0 Å². The van der Waals surface area contributed by atoms with Crippen molar-refractivity contribution < 1.29 is 9.59 Å². The molecule has 4 aliphatic carbocycles. The first-order valence-corrected chi connectivity index (χ1v) is 8.74. The number of fused-ring (bicyclic) bond motifs is 5. The largest absolute Gasteiger partial charge is 0.299 e. The van der Waals surface area contributed by atoms with Crippen LogP contribution in [0.2, 0.25) is 0 Å². The number of nitrogens with one attached hydrogen (secondary N) is 1. The van der Waals surface area contributed by atoms with Gasteiger partial charge in [-0.1, -0.05) is 19.9 Å². The average Bonchev–Trinajstić information content (AvgIpc) is 2.79. The molecule has 3 nitrogen and oxygen atoms in total. The number of Topliss-reactive ketones (excluding diaryl/α,β-unsaturated/α-hetero) is 2. The highest BCUT2D eigenvalue weighted by Gasteiger charge is 2.59. The Labute approximate surface area is 132 Å². The van der Waals surface area contributed by atoms with E-state index in [1.165, 1.54) is 0 Å².